The molecule has 0 amide bonds. The number of aromatic amines is 1. The molecule has 2 N–H and O–H groups in total. The zero-order valence-corrected chi connectivity index (χ0v) is 18.9. The summed E-state index contributed by atoms with van der Waals surface area (Å²) in [5, 5.41) is 10.4. The van der Waals surface area contributed by atoms with Crippen LogP contribution in [0.15, 0.2) is 39.0 Å². The summed E-state index contributed by atoms with van der Waals surface area (Å²) >= 11 is 3.09. The quantitative estimate of drug-likeness (QED) is 0.582. The van der Waals surface area contributed by atoms with E-state index in [1.165, 1.54) is 21.8 Å². The summed E-state index contributed by atoms with van der Waals surface area (Å²) in [6.45, 7) is 1.62. The highest BCUT2D eigenvalue weighted by atomic mass is 79.9. The predicted molar refractivity (Wildman–Crippen MR) is 114 cm³/mol. The molecular weight excluding hydrogens is 495 g/mol. The van der Waals surface area contributed by atoms with E-state index in [1.807, 2.05) is 19.1 Å². The zero-order valence-electron chi connectivity index (χ0n) is 16.4. The summed E-state index contributed by atoms with van der Waals surface area (Å²) in [5.41, 5.74) is 0.576. The Labute approximate surface area is 185 Å². The number of phosphoric ester groups is 1. The normalized spacial score (nSPS) is 27.9. The van der Waals surface area contributed by atoms with Crippen molar-refractivity contribution in [1.29, 1.82) is 0 Å². The van der Waals surface area contributed by atoms with Crippen molar-refractivity contribution in [2.24, 2.45) is 0 Å². The fraction of sp³-hybridized carbons (Fsp3) is 0.368. The molecule has 1 aromatic heterocycles. The number of hydrogen-bond donors (Lipinski definition) is 2. The summed E-state index contributed by atoms with van der Waals surface area (Å²) < 4.78 is 36.0. The number of aromatic nitrogens is 2. The number of aryl methyl sites for hydroxylation is 1. The van der Waals surface area contributed by atoms with Gasteiger partial charge in [0.15, 0.2) is 0 Å². The van der Waals surface area contributed by atoms with Gasteiger partial charge in [-0.05, 0) is 23.5 Å². The molecule has 2 aromatic rings. The third-order valence-electron chi connectivity index (χ3n) is 5.02. The maximum absolute atomic E-state index is 12.9. The van der Waals surface area contributed by atoms with Crippen LogP contribution in [0, 0.1) is 6.92 Å². The van der Waals surface area contributed by atoms with Crippen LogP contribution in [-0.4, -0.2) is 33.5 Å². The van der Waals surface area contributed by atoms with Crippen LogP contribution in [0.5, 0.6) is 5.75 Å². The van der Waals surface area contributed by atoms with Gasteiger partial charge in [-0.25, -0.2) is 9.36 Å². The molecule has 0 bridgehead atoms. The summed E-state index contributed by atoms with van der Waals surface area (Å²) in [7, 11) is -3.90. The Morgan fingerprint density at radius 3 is 3.00 bits per heavy atom. The van der Waals surface area contributed by atoms with Gasteiger partial charge in [0.05, 0.1) is 24.9 Å². The molecule has 1 unspecified atom stereocenters. The molecule has 3 heterocycles. The van der Waals surface area contributed by atoms with Gasteiger partial charge in [0.2, 0.25) is 0 Å². The van der Waals surface area contributed by atoms with Crippen LogP contribution < -0.4 is 15.8 Å². The molecule has 1 aromatic carbocycles. The highest BCUT2D eigenvalue weighted by molar-refractivity contribution is 9.11. The maximum Gasteiger partial charge on any atom is 0.530 e. The standard InChI is InChI=1S/C19H20BrN2O8P/c1-11-3-2-4-13-9-27-31(26,30-17(11)13)28-10-15-14(23)7-16(29-15)22-8-12(5-6-20)18(24)21-19(22)25/h2-6,8,14-16,23H,7,9-10H2,1H3,(H,21,24,25)/b6-5+/t14-,15+,16+,31?/m0/s1. The molecule has 0 aliphatic carbocycles. The van der Waals surface area contributed by atoms with Crippen molar-refractivity contribution in [3.05, 3.63) is 66.9 Å². The Hall–Kier alpha value is -2.01. The molecule has 2 aliphatic rings. The number of nitrogens with zero attached hydrogens (tertiary/aromatic N) is 1. The highest BCUT2D eigenvalue weighted by Gasteiger charge is 2.40. The minimum Gasteiger partial charge on any atom is -0.403 e. The molecule has 31 heavy (non-hydrogen) atoms. The van der Waals surface area contributed by atoms with Gasteiger partial charge in [-0.15, -0.1) is 0 Å². The molecule has 0 saturated carbocycles. The Balaban J connectivity index is 1.45. The van der Waals surface area contributed by atoms with Crippen molar-refractivity contribution < 1.29 is 28.0 Å². The van der Waals surface area contributed by atoms with Crippen molar-refractivity contribution in [2.75, 3.05) is 6.61 Å². The Kier molecular flexibility index (Phi) is 6.34. The molecule has 10 nitrogen and oxygen atoms in total. The molecule has 0 radical (unpaired) electrons. The van der Waals surface area contributed by atoms with Crippen molar-refractivity contribution in [3.8, 4) is 5.75 Å². The number of benzene rings is 1. The lowest BCUT2D eigenvalue weighted by Crippen LogP contribution is -2.33. The molecule has 166 valence electrons. The third-order valence-corrected chi connectivity index (χ3v) is 6.61. The number of nitrogens with one attached hydrogen (secondary N) is 1. The molecule has 2 aliphatic heterocycles. The van der Waals surface area contributed by atoms with E-state index in [4.69, 9.17) is 18.3 Å². The highest BCUT2D eigenvalue weighted by Crippen LogP contribution is 2.55. The molecule has 4 rings (SSSR count). The fourth-order valence-electron chi connectivity index (χ4n) is 3.41. The number of phosphoric acid groups is 1. The molecular formula is C19H20BrN2O8P. The van der Waals surface area contributed by atoms with E-state index in [9.17, 15) is 19.3 Å². The van der Waals surface area contributed by atoms with Gasteiger partial charge in [0, 0.05) is 18.2 Å². The molecule has 12 heteroatoms. The van der Waals surface area contributed by atoms with E-state index < -0.39 is 37.5 Å². The average molecular weight is 515 g/mol. The second-order valence-electron chi connectivity index (χ2n) is 7.15. The van der Waals surface area contributed by atoms with Crippen molar-refractivity contribution in [3.63, 3.8) is 0 Å². The number of rotatable bonds is 5. The van der Waals surface area contributed by atoms with E-state index in [2.05, 4.69) is 20.9 Å². The van der Waals surface area contributed by atoms with E-state index in [1.54, 1.807) is 6.07 Å². The monoisotopic (exact) mass is 514 g/mol. The topological polar surface area (TPSA) is 129 Å². The first-order valence-corrected chi connectivity index (χ1v) is 11.8. The van der Waals surface area contributed by atoms with Gasteiger partial charge >= 0.3 is 13.5 Å². The van der Waals surface area contributed by atoms with E-state index >= 15 is 0 Å². The van der Waals surface area contributed by atoms with E-state index in [0.717, 1.165) is 11.1 Å². The number of halogens is 1. The van der Waals surface area contributed by atoms with Crippen LogP contribution in [0.25, 0.3) is 6.08 Å². The lowest BCUT2D eigenvalue weighted by atomic mass is 10.1. The first-order chi connectivity index (χ1) is 14.8. The second kappa shape index (κ2) is 8.85. The average Bonchev–Trinajstić information content (AvgIpc) is 3.10. The van der Waals surface area contributed by atoms with Crippen molar-refractivity contribution in [2.45, 2.75) is 38.4 Å². The maximum atomic E-state index is 12.9. The van der Waals surface area contributed by atoms with E-state index in [0.29, 0.717) is 5.75 Å². The second-order valence-corrected chi connectivity index (χ2v) is 9.27. The SMILES string of the molecule is Cc1cccc2c1OP(=O)(OC[C@H]1O[C@@H](n3cc(/C=C/Br)c(=O)[nH]c3=O)C[C@@H]1O)OC2. The van der Waals surface area contributed by atoms with Crippen molar-refractivity contribution >= 4 is 29.8 Å². The van der Waals surface area contributed by atoms with Crippen LogP contribution in [-0.2, 0) is 25.0 Å². The number of hydrogen-bond acceptors (Lipinski definition) is 8. The number of fused-ring (bicyclic) bond motifs is 1. The van der Waals surface area contributed by atoms with Gasteiger partial charge in [0.1, 0.15) is 18.1 Å². The third kappa shape index (κ3) is 4.62. The minimum absolute atomic E-state index is 0.0711. The van der Waals surface area contributed by atoms with E-state index in [-0.39, 0.29) is 25.2 Å². The Morgan fingerprint density at radius 2 is 2.23 bits per heavy atom. The molecule has 1 saturated heterocycles. The predicted octanol–water partition coefficient (Wildman–Crippen LogP) is 2.59. The van der Waals surface area contributed by atoms with Crippen LogP contribution in [0.1, 0.15) is 29.3 Å². The summed E-state index contributed by atoms with van der Waals surface area (Å²) in [5.74, 6) is 0.454. The number of para-hydroxylation sites is 1. The molecule has 4 atom stereocenters. The summed E-state index contributed by atoms with van der Waals surface area (Å²) in [6, 6.07) is 5.48. The fourth-order valence-corrected chi connectivity index (χ4v) is 4.99. The lowest BCUT2D eigenvalue weighted by molar-refractivity contribution is -0.0468. The first-order valence-electron chi connectivity index (χ1n) is 9.42. The van der Waals surface area contributed by atoms with Gasteiger partial charge in [-0.1, -0.05) is 34.1 Å². The van der Waals surface area contributed by atoms with Crippen LogP contribution in [0.3, 0.4) is 0 Å². The molecule has 0 spiro atoms. The zero-order chi connectivity index (χ0) is 22.2. The van der Waals surface area contributed by atoms with Crippen LogP contribution in [0.2, 0.25) is 0 Å². The number of aliphatic hydroxyl groups is 1. The first kappa shape index (κ1) is 22.2. The Morgan fingerprint density at radius 1 is 1.42 bits per heavy atom. The van der Waals surface area contributed by atoms with Crippen LogP contribution in [0.4, 0.5) is 0 Å². The largest absolute Gasteiger partial charge is 0.530 e. The number of aliphatic hydroxyl groups excluding tert-OH is 1. The summed E-state index contributed by atoms with van der Waals surface area (Å²) in [4.78, 5) is 27.7. The van der Waals surface area contributed by atoms with Gasteiger partial charge in [-0.2, -0.15) is 0 Å². The lowest BCUT2D eigenvalue weighted by Gasteiger charge is -2.27. The Bertz CT molecular complexity index is 1180. The molecule has 1 fully saturated rings. The van der Waals surface area contributed by atoms with Crippen LogP contribution >= 0.6 is 23.8 Å². The smallest absolute Gasteiger partial charge is 0.403 e. The minimum atomic E-state index is -3.90. The number of ether oxygens (including phenoxy) is 1. The van der Waals surface area contributed by atoms with Gasteiger partial charge in [0.25, 0.3) is 5.56 Å². The van der Waals surface area contributed by atoms with Crippen molar-refractivity contribution in [1.82, 2.24) is 9.55 Å². The van der Waals surface area contributed by atoms with Gasteiger partial charge in [-0.3, -0.25) is 23.4 Å². The number of H-pyrrole nitrogens is 1. The summed E-state index contributed by atoms with van der Waals surface area (Å²) in [6.07, 6.45) is 0.177. The van der Waals surface area contributed by atoms with Gasteiger partial charge < -0.3 is 14.4 Å².